The van der Waals surface area contributed by atoms with Crippen LogP contribution in [0, 0.1) is 27.7 Å². The molecule has 5 rings (SSSR count). The van der Waals surface area contributed by atoms with E-state index in [0.29, 0.717) is 5.11 Å². The molecule has 2 unspecified atom stereocenters. The van der Waals surface area contributed by atoms with Crippen LogP contribution in [0.3, 0.4) is 0 Å². The van der Waals surface area contributed by atoms with Gasteiger partial charge in [-0.15, -0.1) is 0 Å². The third kappa shape index (κ3) is 4.19. The molecule has 3 heterocycles. The fourth-order valence-electron chi connectivity index (χ4n) is 5.27. The number of rotatable bonds is 5. The van der Waals surface area contributed by atoms with E-state index in [0.717, 1.165) is 17.1 Å². The predicted octanol–water partition coefficient (Wildman–Crippen LogP) is 6.29. The first kappa shape index (κ1) is 23.1. The van der Waals surface area contributed by atoms with Crippen LogP contribution in [0.2, 0.25) is 0 Å². The Hall–Kier alpha value is -3.64. The van der Waals surface area contributed by atoms with Crippen molar-refractivity contribution in [1.82, 2.24) is 14.9 Å². The van der Waals surface area contributed by atoms with Crippen molar-refractivity contribution in [2.75, 3.05) is 12.0 Å². The number of thiocarbonyl (C=S) groups is 1. The number of aromatic nitrogens is 2. The number of hydrogen-bond donors (Lipinski definition) is 1. The maximum atomic E-state index is 5.91. The smallest absolute Gasteiger partial charge is 0.174 e. The lowest BCUT2D eigenvalue weighted by molar-refractivity contribution is 0.415. The van der Waals surface area contributed by atoms with Gasteiger partial charge in [-0.1, -0.05) is 18.2 Å². The summed E-state index contributed by atoms with van der Waals surface area (Å²) in [5.74, 6) is 0.797. The highest BCUT2D eigenvalue weighted by Gasteiger charge is 2.42. The van der Waals surface area contributed by atoms with Crippen LogP contribution >= 0.6 is 12.2 Å². The molecular formula is C29H30N4OS. The van der Waals surface area contributed by atoms with Crippen molar-refractivity contribution >= 4 is 23.0 Å². The molecule has 1 aliphatic rings. The van der Waals surface area contributed by atoms with Crippen LogP contribution in [0.25, 0.3) is 5.69 Å². The van der Waals surface area contributed by atoms with Crippen LogP contribution in [-0.4, -0.2) is 21.8 Å². The zero-order valence-corrected chi connectivity index (χ0v) is 21.6. The highest BCUT2D eigenvalue weighted by molar-refractivity contribution is 7.80. The Kier molecular flexibility index (Phi) is 6.07. The first-order valence-electron chi connectivity index (χ1n) is 11.8. The topological polar surface area (TPSA) is 42.3 Å². The fourth-order valence-corrected chi connectivity index (χ4v) is 5.62. The second-order valence-electron chi connectivity index (χ2n) is 9.21. The third-order valence-corrected chi connectivity index (χ3v) is 7.00. The lowest BCUT2D eigenvalue weighted by Gasteiger charge is -2.28. The van der Waals surface area contributed by atoms with E-state index >= 15 is 0 Å². The van der Waals surface area contributed by atoms with Crippen molar-refractivity contribution in [3.05, 3.63) is 107 Å². The number of ether oxygens (including phenoxy) is 1. The molecule has 1 aliphatic heterocycles. The van der Waals surface area contributed by atoms with Gasteiger partial charge in [-0.2, -0.15) is 0 Å². The number of aryl methyl sites for hydroxylation is 3. The van der Waals surface area contributed by atoms with E-state index in [2.05, 4.69) is 78.9 Å². The highest BCUT2D eigenvalue weighted by atomic mass is 32.1. The molecule has 178 valence electrons. The first-order valence-corrected chi connectivity index (χ1v) is 12.2. The van der Waals surface area contributed by atoms with E-state index in [1.54, 1.807) is 7.11 Å². The molecule has 1 N–H and O–H groups in total. The number of pyridine rings is 1. The number of nitrogens with zero attached hydrogens (tertiary/aromatic N) is 3. The summed E-state index contributed by atoms with van der Waals surface area (Å²) in [6.45, 7) is 8.65. The molecule has 0 aliphatic carbocycles. The van der Waals surface area contributed by atoms with Gasteiger partial charge in [-0.05, 0) is 99.1 Å². The standard InChI is InChI=1S/C29H30N4OS/c1-18-13-19(2)15-23(14-18)32-20(3)16-25(21(32)4)28-27(26-11-6-7-12-30-26)31-29(35)33(28)22-9-8-10-24(17-22)34-5/h6-17,27-28H,1-5H3,(H,31,35). The second-order valence-corrected chi connectivity index (χ2v) is 9.59. The van der Waals surface area contributed by atoms with Crippen molar-refractivity contribution in [1.29, 1.82) is 0 Å². The van der Waals surface area contributed by atoms with Crippen molar-refractivity contribution < 1.29 is 4.74 Å². The number of anilines is 1. The molecule has 0 saturated carbocycles. The van der Waals surface area contributed by atoms with E-state index in [1.165, 1.54) is 33.8 Å². The molecule has 0 radical (unpaired) electrons. The van der Waals surface area contributed by atoms with Gasteiger partial charge in [-0.3, -0.25) is 4.98 Å². The molecule has 2 aromatic carbocycles. The van der Waals surface area contributed by atoms with Gasteiger partial charge in [-0.25, -0.2) is 0 Å². The summed E-state index contributed by atoms with van der Waals surface area (Å²) in [5, 5.41) is 4.24. The number of methoxy groups -OCH3 is 1. The summed E-state index contributed by atoms with van der Waals surface area (Å²) >= 11 is 5.91. The number of benzene rings is 2. The lowest BCUT2D eigenvalue weighted by atomic mass is 9.96. The van der Waals surface area contributed by atoms with Crippen molar-refractivity contribution in [3.8, 4) is 11.4 Å². The summed E-state index contributed by atoms with van der Waals surface area (Å²) in [6, 6.07) is 22.9. The molecule has 1 saturated heterocycles. The van der Waals surface area contributed by atoms with E-state index < -0.39 is 0 Å². The van der Waals surface area contributed by atoms with E-state index in [4.69, 9.17) is 21.9 Å². The summed E-state index contributed by atoms with van der Waals surface area (Å²) < 4.78 is 7.87. The zero-order valence-electron chi connectivity index (χ0n) is 20.7. The van der Waals surface area contributed by atoms with Gasteiger partial charge < -0.3 is 19.5 Å². The average molecular weight is 483 g/mol. The monoisotopic (exact) mass is 482 g/mol. The zero-order chi connectivity index (χ0) is 24.7. The van der Waals surface area contributed by atoms with Gasteiger partial charge in [0.25, 0.3) is 0 Å². The van der Waals surface area contributed by atoms with Crippen LogP contribution in [0.1, 0.15) is 45.9 Å². The Balaban J connectivity index is 1.69. The van der Waals surface area contributed by atoms with E-state index in [1.807, 2.05) is 36.5 Å². The van der Waals surface area contributed by atoms with Crippen LogP contribution in [0.4, 0.5) is 5.69 Å². The Labute approximate surface area is 212 Å². The molecular weight excluding hydrogens is 452 g/mol. The molecule has 1 fully saturated rings. The molecule has 5 nitrogen and oxygen atoms in total. The quantitative estimate of drug-likeness (QED) is 0.339. The van der Waals surface area contributed by atoms with Gasteiger partial charge in [0.2, 0.25) is 0 Å². The van der Waals surface area contributed by atoms with Gasteiger partial charge >= 0.3 is 0 Å². The maximum absolute atomic E-state index is 5.91. The predicted molar refractivity (Wildman–Crippen MR) is 146 cm³/mol. The normalized spacial score (nSPS) is 17.5. The van der Waals surface area contributed by atoms with Crippen LogP contribution in [0.15, 0.2) is 72.9 Å². The number of hydrogen-bond acceptors (Lipinski definition) is 3. The Morgan fingerprint density at radius 1 is 0.886 bits per heavy atom. The summed E-state index contributed by atoms with van der Waals surface area (Å²) in [4.78, 5) is 6.89. The van der Waals surface area contributed by atoms with Crippen LogP contribution in [0.5, 0.6) is 5.75 Å². The minimum Gasteiger partial charge on any atom is -0.497 e. The largest absolute Gasteiger partial charge is 0.497 e. The molecule has 2 aromatic heterocycles. The number of nitrogens with one attached hydrogen (secondary N) is 1. The Morgan fingerprint density at radius 3 is 2.34 bits per heavy atom. The Bertz CT molecular complexity index is 1380. The highest BCUT2D eigenvalue weighted by Crippen LogP contribution is 2.44. The third-order valence-electron chi connectivity index (χ3n) is 6.68. The molecule has 0 spiro atoms. The second kappa shape index (κ2) is 9.19. The average Bonchev–Trinajstić information content (AvgIpc) is 3.34. The molecule has 4 aromatic rings. The molecule has 0 amide bonds. The SMILES string of the molecule is COc1cccc(N2C(=S)NC(c3ccccn3)C2c2cc(C)n(-c3cc(C)cc(C)c3)c2C)c1. The lowest BCUT2D eigenvalue weighted by Crippen LogP contribution is -2.29. The maximum Gasteiger partial charge on any atom is 0.174 e. The summed E-state index contributed by atoms with van der Waals surface area (Å²) in [5.41, 5.74) is 9.22. The van der Waals surface area contributed by atoms with Gasteiger partial charge in [0.1, 0.15) is 5.75 Å². The summed E-state index contributed by atoms with van der Waals surface area (Å²) in [6.07, 6.45) is 1.84. The van der Waals surface area contributed by atoms with Crippen LogP contribution < -0.4 is 15.0 Å². The van der Waals surface area contributed by atoms with E-state index in [9.17, 15) is 0 Å². The van der Waals surface area contributed by atoms with Crippen molar-refractivity contribution in [2.45, 2.75) is 39.8 Å². The first-order chi connectivity index (χ1) is 16.9. The molecule has 2 atom stereocenters. The van der Waals surface area contributed by atoms with E-state index in [-0.39, 0.29) is 12.1 Å². The van der Waals surface area contributed by atoms with Crippen LogP contribution in [-0.2, 0) is 0 Å². The van der Waals surface area contributed by atoms with Crippen molar-refractivity contribution in [3.63, 3.8) is 0 Å². The molecule has 35 heavy (non-hydrogen) atoms. The fraction of sp³-hybridized carbons (Fsp3) is 0.241. The van der Waals surface area contributed by atoms with Gasteiger partial charge in [0.15, 0.2) is 5.11 Å². The van der Waals surface area contributed by atoms with Gasteiger partial charge in [0, 0.05) is 35.0 Å². The van der Waals surface area contributed by atoms with Crippen molar-refractivity contribution in [2.24, 2.45) is 0 Å². The Morgan fingerprint density at radius 2 is 1.66 bits per heavy atom. The molecule has 0 bridgehead atoms. The minimum atomic E-state index is -0.0944. The summed E-state index contributed by atoms with van der Waals surface area (Å²) in [7, 11) is 1.69. The molecule has 6 heteroatoms. The van der Waals surface area contributed by atoms with Gasteiger partial charge in [0.05, 0.1) is 24.9 Å². The minimum absolute atomic E-state index is 0.0737.